The zero-order valence-corrected chi connectivity index (χ0v) is 12.2. The number of benzene rings is 1. The molecule has 0 aliphatic carbocycles. The first-order valence-electron chi connectivity index (χ1n) is 6.88. The van der Waals surface area contributed by atoms with E-state index in [4.69, 9.17) is 5.11 Å². The molecule has 1 amide bonds. The Hall–Kier alpha value is -1.44. The van der Waals surface area contributed by atoms with Crippen LogP contribution >= 0.6 is 11.8 Å². The molecule has 106 valence electrons. The Morgan fingerprint density at radius 2 is 2.30 bits per heavy atom. The molecular formula is C16H19NO2S. The molecule has 0 bridgehead atoms. The van der Waals surface area contributed by atoms with E-state index in [1.54, 1.807) is 11.8 Å². The second kappa shape index (κ2) is 7.98. The summed E-state index contributed by atoms with van der Waals surface area (Å²) in [5, 5.41) is 11.9. The van der Waals surface area contributed by atoms with Gasteiger partial charge in [-0.15, -0.1) is 11.8 Å². The lowest BCUT2D eigenvalue weighted by molar-refractivity contribution is -0.120. The van der Waals surface area contributed by atoms with Gasteiger partial charge in [0.2, 0.25) is 5.91 Å². The lowest BCUT2D eigenvalue weighted by atomic mass is 10.1. The molecule has 1 atom stereocenters. The van der Waals surface area contributed by atoms with Crippen molar-refractivity contribution in [3.8, 4) is 11.8 Å². The van der Waals surface area contributed by atoms with Gasteiger partial charge in [0.15, 0.2) is 0 Å². The maximum Gasteiger partial charge on any atom is 0.233 e. The van der Waals surface area contributed by atoms with Crippen LogP contribution in [0.1, 0.15) is 30.4 Å². The highest BCUT2D eigenvalue weighted by molar-refractivity contribution is 8.00. The zero-order valence-electron chi connectivity index (χ0n) is 11.4. The fraction of sp³-hybridized carbons (Fsp3) is 0.438. The van der Waals surface area contributed by atoms with E-state index in [1.165, 1.54) is 0 Å². The lowest BCUT2D eigenvalue weighted by Crippen LogP contribution is -2.31. The molecule has 0 radical (unpaired) electrons. The molecule has 1 unspecified atom stereocenters. The van der Waals surface area contributed by atoms with Crippen LogP contribution in [0.4, 0.5) is 0 Å². The molecule has 1 saturated heterocycles. The van der Waals surface area contributed by atoms with Crippen LogP contribution in [0.2, 0.25) is 0 Å². The molecule has 4 heteroatoms. The molecule has 2 rings (SSSR count). The predicted molar refractivity (Wildman–Crippen MR) is 82.3 cm³/mol. The molecule has 20 heavy (non-hydrogen) atoms. The summed E-state index contributed by atoms with van der Waals surface area (Å²) in [7, 11) is 0. The molecule has 0 saturated carbocycles. The van der Waals surface area contributed by atoms with Gasteiger partial charge in [0.25, 0.3) is 0 Å². The molecule has 0 spiro atoms. The van der Waals surface area contributed by atoms with E-state index in [-0.39, 0.29) is 17.8 Å². The summed E-state index contributed by atoms with van der Waals surface area (Å²) in [5.41, 5.74) is 1.94. The third kappa shape index (κ3) is 4.29. The van der Waals surface area contributed by atoms with E-state index in [9.17, 15) is 4.79 Å². The Balaban J connectivity index is 1.95. The van der Waals surface area contributed by atoms with E-state index in [0.29, 0.717) is 13.0 Å². The summed E-state index contributed by atoms with van der Waals surface area (Å²) >= 11 is 1.74. The summed E-state index contributed by atoms with van der Waals surface area (Å²) in [6.45, 7) is 0.588. The Labute approximate surface area is 124 Å². The standard InChI is InChI=1S/C16H19NO2S/c18-10-4-3-7-13-6-1-2-8-14(13)12-17-16(19)15-9-5-11-20-15/h1-2,6,8,15,18H,4-5,9-12H2,(H,17,19). The van der Waals surface area contributed by atoms with Gasteiger partial charge in [0.1, 0.15) is 0 Å². The average Bonchev–Trinajstić information content (AvgIpc) is 3.00. The van der Waals surface area contributed by atoms with Crippen LogP contribution in [-0.4, -0.2) is 28.6 Å². The lowest BCUT2D eigenvalue weighted by Gasteiger charge is -2.11. The Kier molecular flexibility index (Phi) is 5.97. The smallest absolute Gasteiger partial charge is 0.233 e. The van der Waals surface area contributed by atoms with Crippen molar-refractivity contribution in [2.45, 2.75) is 31.1 Å². The molecule has 3 nitrogen and oxygen atoms in total. The van der Waals surface area contributed by atoms with Crippen LogP contribution < -0.4 is 5.32 Å². The number of nitrogens with one attached hydrogen (secondary N) is 1. The van der Waals surface area contributed by atoms with Gasteiger partial charge in [-0.05, 0) is 30.2 Å². The number of thioether (sulfide) groups is 1. The van der Waals surface area contributed by atoms with Gasteiger partial charge in [-0.1, -0.05) is 30.0 Å². The highest BCUT2D eigenvalue weighted by Crippen LogP contribution is 2.26. The van der Waals surface area contributed by atoms with E-state index >= 15 is 0 Å². The summed E-state index contributed by atoms with van der Waals surface area (Å²) in [4.78, 5) is 12.0. The predicted octanol–water partition coefficient (Wildman–Crippen LogP) is 1.93. The monoisotopic (exact) mass is 289 g/mol. The Morgan fingerprint density at radius 3 is 3.05 bits per heavy atom. The molecule has 1 aliphatic rings. The van der Waals surface area contributed by atoms with E-state index in [1.807, 2.05) is 24.3 Å². The second-order valence-corrected chi connectivity index (χ2v) is 5.96. The minimum absolute atomic E-state index is 0.0742. The van der Waals surface area contributed by atoms with Gasteiger partial charge in [0.05, 0.1) is 11.9 Å². The number of aliphatic hydroxyl groups excluding tert-OH is 1. The SMILES string of the molecule is O=C(NCc1ccccc1C#CCCO)C1CCCS1. The number of hydrogen-bond donors (Lipinski definition) is 2. The zero-order chi connectivity index (χ0) is 14.2. The Morgan fingerprint density at radius 1 is 1.45 bits per heavy atom. The first-order valence-corrected chi connectivity index (χ1v) is 7.93. The second-order valence-electron chi connectivity index (χ2n) is 4.65. The molecule has 1 aromatic rings. The van der Waals surface area contributed by atoms with E-state index in [0.717, 1.165) is 29.7 Å². The molecule has 2 N–H and O–H groups in total. The highest BCUT2D eigenvalue weighted by Gasteiger charge is 2.22. The summed E-state index contributed by atoms with van der Waals surface area (Å²) in [6, 6.07) is 7.80. The van der Waals surface area contributed by atoms with Crippen LogP contribution in [0.5, 0.6) is 0 Å². The number of carbonyl (C=O) groups excluding carboxylic acids is 1. The third-order valence-electron chi connectivity index (χ3n) is 3.15. The van der Waals surface area contributed by atoms with Crippen molar-refractivity contribution in [2.24, 2.45) is 0 Å². The molecule has 1 aliphatic heterocycles. The largest absolute Gasteiger partial charge is 0.395 e. The van der Waals surface area contributed by atoms with Crippen LogP contribution in [0.25, 0.3) is 0 Å². The number of rotatable bonds is 4. The molecule has 0 aromatic heterocycles. The van der Waals surface area contributed by atoms with Gasteiger partial charge < -0.3 is 10.4 Å². The van der Waals surface area contributed by atoms with Gasteiger partial charge in [-0.3, -0.25) is 4.79 Å². The quantitative estimate of drug-likeness (QED) is 0.833. The molecule has 1 aromatic carbocycles. The van der Waals surface area contributed by atoms with Crippen molar-refractivity contribution in [3.05, 3.63) is 35.4 Å². The average molecular weight is 289 g/mol. The van der Waals surface area contributed by atoms with Gasteiger partial charge in [-0.2, -0.15) is 0 Å². The third-order valence-corrected chi connectivity index (χ3v) is 4.53. The Bertz CT molecular complexity index is 513. The summed E-state index contributed by atoms with van der Waals surface area (Å²) in [5.74, 6) is 7.17. The van der Waals surface area contributed by atoms with Crippen molar-refractivity contribution < 1.29 is 9.90 Å². The topological polar surface area (TPSA) is 49.3 Å². The van der Waals surface area contributed by atoms with Crippen molar-refractivity contribution in [2.75, 3.05) is 12.4 Å². The first-order chi connectivity index (χ1) is 9.81. The maximum absolute atomic E-state index is 12.0. The van der Waals surface area contributed by atoms with Gasteiger partial charge in [-0.25, -0.2) is 0 Å². The minimum Gasteiger partial charge on any atom is -0.395 e. The number of aliphatic hydroxyl groups is 1. The number of hydrogen-bond acceptors (Lipinski definition) is 3. The van der Waals surface area contributed by atoms with Crippen molar-refractivity contribution >= 4 is 17.7 Å². The van der Waals surface area contributed by atoms with Crippen LogP contribution in [0.3, 0.4) is 0 Å². The van der Waals surface area contributed by atoms with Gasteiger partial charge in [0, 0.05) is 18.5 Å². The molecule has 1 fully saturated rings. The van der Waals surface area contributed by atoms with Gasteiger partial charge >= 0.3 is 0 Å². The first kappa shape index (κ1) is 15.0. The van der Waals surface area contributed by atoms with Crippen LogP contribution in [-0.2, 0) is 11.3 Å². The number of amides is 1. The molecule has 1 heterocycles. The normalized spacial score (nSPS) is 17.4. The number of carbonyl (C=O) groups is 1. The summed E-state index contributed by atoms with van der Waals surface area (Å²) < 4.78 is 0. The maximum atomic E-state index is 12.0. The van der Waals surface area contributed by atoms with Crippen molar-refractivity contribution in [1.29, 1.82) is 0 Å². The molecular weight excluding hydrogens is 270 g/mol. The van der Waals surface area contributed by atoms with Crippen molar-refractivity contribution in [3.63, 3.8) is 0 Å². The van der Waals surface area contributed by atoms with E-state index < -0.39 is 0 Å². The van der Waals surface area contributed by atoms with Crippen molar-refractivity contribution in [1.82, 2.24) is 5.32 Å². The fourth-order valence-corrected chi connectivity index (χ4v) is 3.28. The summed E-state index contributed by atoms with van der Waals surface area (Å²) in [6.07, 6.45) is 2.58. The van der Waals surface area contributed by atoms with Crippen LogP contribution in [0, 0.1) is 11.8 Å². The highest BCUT2D eigenvalue weighted by atomic mass is 32.2. The van der Waals surface area contributed by atoms with Crippen LogP contribution in [0.15, 0.2) is 24.3 Å². The fourth-order valence-electron chi connectivity index (χ4n) is 2.09. The minimum atomic E-state index is 0.0742. The van der Waals surface area contributed by atoms with E-state index in [2.05, 4.69) is 17.2 Å².